The minimum Gasteiger partial charge on any atom is -0.314 e. The minimum absolute atomic E-state index is 0.507. The summed E-state index contributed by atoms with van der Waals surface area (Å²) in [5.74, 6) is 1.63. The van der Waals surface area contributed by atoms with Crippen molar-refractivity contribution < 1.29 is 0 Å². The Hall–Kier alpha value is -1.75. The number of aryl methyl sites for hydroxylation is 3. The summed E-state index contributed by atoms with van der Waals surface area (Å²) in [5.41, 5.74) is 4.51. The molecular weight excluding hydrogens is 262 g/mol. The molecule has 0 aliphatic heterocycles. The first-order valence-corrected chi connectivity index (χ1v) is 7.49. The third-order valence-corrected chi connectivity index (χ3v) is 3.54. The number of aromatic nitrogens is 4. The Morgan fingerprint density at radius 2 is 1.86 bits per heavy atom. The molecule has 0 aromatic carbocycles. The fourth-order valence-electron chi connectivity index (χ4n) is 2.55. The van der Waals surface area contributed by atoms with Crippen LogP contribution in [0.3, 0.4) is 0 Å². The van der Waals surface area contributed by atoms with Crippen LogP contribution in [0.1, 0.15) is 42.3 Å². The molecule has 0 amide bonds. The van der Waals surface area contributed by atoms with E-state index in [1.54, 1.807) is 0 Å². The highest BCUT2D eigenvalue weighted by Gasteiger charge is 2.14. The van der Waals surface area contributed by atoms with Crippen LogP contribution in [0.4, 0.5) is 0 Å². The molecule has 114 valence electrons. The van der Waals surface area contributed by atoms with Crippen molar-refractivity contribution in [2.75, 3.05) is 6.54 Å². The van der Waals surface area contributed by atoms with Crippen LogP contribution in [-0.2, 0) is 6.42 Å². The van der Waals surface area contributed by atoms with E-state index < -0.39 is 0 Å². The van der Waals surface area contributed by atoms with E-state index in [9.17, 15) is 0 Å². The largest absolute Gasteiger partial charge is 0.314 e. The van der Waals surface area contributed by atoms with Gasteiger partial charge in [-0.05, 0) is 46.2 Å². The Morgan fingerprint density at radius 3 is 2.48 bits per heavy atom. The molecule has 0 bridgehead atoms. The van der Waals surface area contributed by atoms with Gasteiger partial charge in [0.2, 0.25) is 0 Å². The summed E-state index contributed by atoms with van der Waals surface area (Å²) in [6, 6.07) is 2.48. The molecule has 0 aliphatic rings. The van der Waals surface area contributed by atoms with Crippen LogP contribution in [0.2, 0.25) is 0 Å². The van der Waals surface area contributed by atoms with Gasteiger partial charge in [-0.1, -0.05) is 13.8 Å². The predicted molar refractivity (Wildman–Crippen MR) is 84.9 cm³/mol. The van der Waals surface area contributed by atoms with Crippen molar-refractivity contribution in [3.8, 4) is 5.82 Å². The summed E-state index contributed by atoms with van der Waals surface area (Å²) in [6.07, 6.45) is 0.985. The van der Waals surface area contributed by atoms with Crippen LogP contribution in [-0.4, -0.2) is 32.3 Å². The zero-order chi connectivity index (χ0) is 15.6. The van der Waals surface area contributed by atoms with Gasteiger partial charge in [-0.25, -0.2) is 14.6 Å². The first-order chi connectivity index (χ1) is 9.88. The van der Waals surface area contributed by atoms with Gasteiger partial charge in [-0.15, -0.1) is 0 Å². The van der Waals surface area contributed by atoms with E-state index >= 15 is 0 Å². The van der Waals surface area contributed by atoms with Gasteiger partial charge in [0.15, 0.2) is 5.82 Å². The van der Waals surface area contributed by atoms with E-state index in [4.69, 9.17) is 0 Å². The van der Waals surface area contributed by atoms with E-state index in [1.165, 1.54) is 5.56 Å². The molecule has 0 saturated carbocycles. The number of rotatable bonds is 5. The SMILES string of the molecule is Cc1cc(-n2nc(C)c(CCNC(C)C)c2C)nc(C)n1. The number of nitrogens with one attached hydrogen (secondary N) is 1. The molecule has 0 fully saturated rings. The summed E-state index contributed by atoms with van der Waals surface area (Å²) in [7, 11) is 0. The van der Waals surface area contributed by atoms with Crippen molar-refractivity contribution in [1.29, 1.82) is 0 Å². The van der Waals surface area contributed by atoms with Crippen molar-refractivity contribution in [2.24, 2.45) is 0 Å². The van der Waals surface area contributed by atoms with Crippen molar-refractivity contribution in [2.45, 2.75) is 54.0 Å². The lowest BCUT2D eigenvalue weighted by atomic mass is 10.1. The van der Waals surface area contributed by atoms with Crippen molar-refractivity contribution in [3.05, 3.63) is 34.5 Å². The Morgan fingerprint density at radius 1 is 1.14 bits per heavy atom. The lowest BCUT2D eigenvalue weighted by molar-refractivity contribution is 0.589. The van der Waals surface area contributed by atoms with Crippen molar-refractivity contribution in [1.82, 2.24) is 25.1 Å². The molecular formula is C16H25N5. The smallest absolute Gasteiger partial charge is 0.157 e. The molecule has 0 saturated heterocycles. The third-order valence-electron chi connectivity index (χ3n) is 3.54. The maximum atomic E-state index is 4.66. The number of hydrogen-bond acceptors (Lipinski definition) is 4. The van der Waals surface area contributed by atoms with Crippen LogP contribution in [0.25, 0.3) is 5.82 Å². The second kappa shape index (κ2) is 6.35. The summed E-state index contributed by atoms with van der Waals surface area (Å²) in [4.78, 5) is 8.83. The minimum atomic E-state index is 0.507. The fourth-order valence-corrected chi connectivity index (χ4v) is 2.55. The molecule has 1 N–H and O–H groups in total. The molecule has 2 aromatic heterocycles. The van der Waals surface area contributed by atoms with Gasteiger partial charge >= 0.3 is 0 Å². The molecule has 5 nitrogen and oxygen atoms in total. The first-order valence-electron chi connectivity index (χ1n) is 7.49. The molecule has 0 radical (unpaired) electrons. The van der Waals surface area contributed by atoms with E-state index in [-0.39, 0.29) is 0 Å². The fraction of sp³-hybridized carbons (Fsp3) is 0.562. The Labute approximate surface area is 126 Å². The number of nitrogens with zero attached hydrogens (tertiary/aromatic N) is 4. The molecule has 0 atom stereocenters. The highest BCUT2D eigenvalue weighted by molar-refractivity contribution is 5.33. The van der Waals surface area contributed by atoms with E-state index in [0.29, 0.717) is 6.04 Å². The quantitative estimate of drug-likeness (QED) is 0.917. The topological polar surface area (TPSA) is 55.6 Å². The molecule has 2 aromatic rings. The molecule has 2 heterocycles. The highest BCUT2D eigenvalue weighted by Crippen LogP contribution is 2.17. The van der Waals surface area contributed by atoms with E-state index in [2.05, 4.69) is 48.1 Å². The van der Waals surface area contributed by atoms with Gasteiger partial charge in [0.05, 0.1) is 5.69 Å². The number of hydrogen-bond donors (Lipinski definition) is 1. The van der Waals surface area contributed by atoms with Crippen LogP contribution in [0.5, 0.6) is 0 Å². The molecule has 0 aliphatic carbocycles. The summed E-state index contributed by atoms with van der Waals surface area (Å²) < 4.78 is 1.93. The second-order valence-corrected chi connectivity index (χ2v) is 5.83. The maximum absolute atomic E-state index is 4.66. The van der Waals surface area contributed by atoms with Crippen LogP contribution < -0.4 is 5.32 Å². The van der Waals surface area contributed by atoms with Gasteiger partial charge in [-0.2, -0.15) is 5.10 Å². The Balaban J connectivity index is 2.29. The Kier molecular flexibility index (Phi) is 4.73. The normalized spacial score (nSPS) is 11.4. The summed E-state index contributed by atoms with van der Waals surface area (Å²) in [5, 5.41) is 8.11. The molecule has 5 heteroatoms. The summed E-state index contributed by atoms with van der Waals surface area (Å²) in [6.45, 7) is 13.4. The van der Waals surface area contributed by atoms with Crippen LogP contribution in [0.15, 0.2) is 6.07 Å². The average Bonchev–Trinajstić information content (AvgIpc) is 2.65. The highest BCUT2D eigenvalue weighted by atomic mass is 15.3. The molecule has 0 unspecified atom stereocenters. The standard InChI is InChI=1S/C16H25N5/c1-10(2)17-8-7-15-12(4)20-21(13(15)5)16-9-11(3)18-14(6)19-16/h9-10,17H,7-8H2,1-6H3. The first kappa shape index (κ1) is 15.6. The lowest BCUT2D eigenvalue weighted by Gasteiger charge is -2.09. The summed E-state index contributed by atoms with van der Waals surface area (Å²) >= 11 is 0. The lowest BCUT2D eigenvalue weighted by Crippen LogP contribution is -2.25. The van der Waals surface area contributed by atoms with Gasteiger partial charge in [0, 0.05) is 23.5 Å². The zero-order valence-corrected chi connectivity index (χ0v) is 13.9. The van der Waals surface area contributed by atoms with Crippen molar-refractivity contribution >= 4 is 0 Å². The van der Waals surface area contributed by atoms with Crippen LogP contribution >= 0.6 is 0 Å². The predicted octanol–water partition coefficient (Wildman–Crippen LogP) is 2.44. The Bertz CT molecular complexity index is 608. The monoisotopic (exact) mass is 287 g/mol. The maximum Gasteiger partial charge on any atom is 0.157 e. The van der Waals surface area contributed by atoms with Gasteiger partial charge < -0.3 is 5.32 Å². The molecule has 0 spiro atoms. The average molecular weight is 287 g/mol. The van der Waals surface area contributed by atoms with E-state index in [1.807, 2.05) is 24.6 Å². The van der Waals surface area contributed by atoms with Crippen LogP contribution in [0, 0.1) is 27.7 Å². The van der Waals surface area contributed by atoms with Crippen molar-refractivity contribution in [3.63, 3.8) is 0 Å². The molecule has 21 heavy (non-hydrogen) atoms. The van der Waals surface area contributed by atoms with E-state index in [0.717, 1.165) is 41.7 Å². The van der Waals surface area contributed by atoms with Gasteiger partial charge in [0.25, 0.3) is 0 Å². The molecule has 2 rings (SSSR count). The van der Waals surface area contributed by atoms with Gasteiger partial charge in [-0.3, -0.25) is 0 Å². The third kappa shape index (κ3) is 3.67. The second-order valence-electron chi connectivity index (χ2n) is 5.83. The zero-order valence-electron chi connectivity index (χ0n) is 13.9. The van der Waals surface area contributed by atoms with Gasteiger partial charge in [0.1, 0.15) is 5.82 Å².